The van der Waals surface area contributed by atoms with Gasteiger partial charge in [-0.1, -0.05) is 12.2 Å². The van der Waals surface area contributed by atoms with E-state index in [0.717, 1.165) is 31.6 Å². The van der Waals surface area contributed by atoms with Crippen LogP contribution >= 0.6 is 0 Å². The molecule has 6 nitrogen and oxygen atoms in total. The molecule has 2 N–H and O–H groups in total. The summed E-state index contributed by atoms with van der Waals surface area (Å²) in [7, 11) is 0. The summed E-state index contributed by atoms with van der Waals surface area (Å²) in [6, 6.07) is 5.10. The fraction of sp³-hybridized carbons (Fsp3) is 0.450. The third-order valence-electron chi connectivity index (χ3n) is 5.71. The normalized spacial score (nSPS) is 25.5. The van der Waals surface area contributed by atoms with Crippen LogP contribution in [-0.2, 0) is 9.59 Å². The number of anilines is 2. The van der Waals surface area contributed by atoms with Gasteiger partial charge in [-0.05, 0) is 50.3 Å². The number of imide groups is 1. The molecule has 4 rings (SSSR count). The zero-order valence-electron chi connectivity index (χ0n) is 14.7. The molecule has 0 unspecified atom stereocenters. The summed E-state index contributed by atoms with van der Waals surface area (Å²) in [6.45, 7) is 1.76. The Labute approximate surface area is 152 Å². The van der Waals surface area contributed by atoms with Gasteiger partial charge in [0.1, 0.15) is 0 Å². The van der Waals surface area contributed by atoms with Crippen molar-refractivity contribution in [3.05, 3.63) is 35.9 Å². The van der Waals surface area contributed by atoms with Crippen LogP contribution < -0.4 is 15.5 Å². The molecule has 0 bridgehead atoms. The molecule has 0 spiro atoms. The number of nitrogens with zero attached hydrogens (tertiary/aromatic N) is 2. The van der Waals surface area contributed by atoms with Crippen molar-refractivity contribution in [1.82, 2.24) is 0 Å². The van der Waals surface area contributed by atoms with Crippen molar-refractivity contribution >= 4 is 29.1 Å². The molecule has 0 saturated carbocycles. The zero-order valence-corrected chi connectivity index (χ0v) is 14.7. The molecular weight excluding hydrogens is 330 g/mol. The van der Waals surface area contributed by atoms with E-state index in [9.17, 15) is 14.4 Å². The van der Waals surface area contributed by atoms with Gasteiger partial charge in [0.15, 0.2) is 0 Å². The Hall–Kier alpha value is -2.63. The minimum atomic E-state index is -0.561. The molecule has 2 heterocycles. The van der Waals surface area contributed by atoms with E-state index in [2.05, 4.69) is 4.90 Å². The lowest BCUT2D eigenvalue weighted by molar-refractivity contribution is -0.122. The lowest BCUT2D eigenvalue weighted by Crippen LogP contribution is -2.35. The summed E-state index contributed by atoms with van der Waals surface area (Å²) >= 11 is 0. The summed E-state index contributed by atoms with van der Waals surface area (Å²) < 4.78 is 0. The van der Waals surface area contributed by atoms with E-state index < -0.39 is 5.91 Å². The van der Waals surface area contributed by atoms with E-state index in [1.165, 1.54) is 11.3 Å². The summed E-state index contributed by atoms with van der Waals surface area (Å²) in [5, 5.41) is 0. The van der Waals surface area contributed by atoms with Crippen molar-refractivity contribution in [3.8, 4) is 0 Å². The largest absolute Gasteiger partial charge is 0.370 e. The Kier molecular flexibility index (Phi) is 4.26. The highest BCUT2D eigenvalue weighted by Crippen LogP contribution is 2.41. The molecule has 2 aliphatic heterocycles. The van der Waals surface area contributed by atoms with Gasteiger partial charge in [0, 0.05) is 18.7 Å². The summed E-state index contributed by atoms with van der Waals surface area (Å²) in [4.78, 5) is 41.2. The van der Waals surface area contributed by atoms with Crippen molar-refractivity contribution in [1.29, 1.82) is 0 Å². The first kappa shape index (κ1) is 16.8. The molecule has 26 heavy (non-hydrogen) atoms. The molecular formula is C20H23N3O3. The Balaban J connectivity index is 1.78. The van der Waals surface area contributed by atoms with Gasteiger partial charge in [-0.2, -0.15) is 0 Å². The predicted molar refractivity (Wildman–Crippen MR) is 98.9 cm³/mol. The summed E-state index contributed by atoms with van der Waals surface area (Å²) in [6.07, 6.45) is 8.48. The Morgan fingerprint density at radius 1 is 0.923 bits per heavy atom. The minimum Gasteiger partial charge on any atom is -0.370 e. The average Bonchev–Trinajstić information content (AvgIpc) is 2.93. The predicted octanol–water partition coefficient (Wildman–Crippen LogP) is 2.23. The van der Waals surface area contributed by atoms with Crippen LogP contribution in [0.5, 0.6) is 0 Å². The molecule has 136 valence electrons. The Bertz CT molecular complexity index is 769. The second-order valence-corrected chi connectivity index (χ2v) is 7.28. The number of carbonyl (C=O) groups excluding carboxylic acids is 3. The number of allylic oxidation sites excluding steroid dienone is 2. The number of benzene rings is 1. The van der Waals surface area contributed by atoms with Crippen LogP contribution in [0.15, 0.2) is 30.4 Å². The van der Waals surface area contributed by atoms with Crippen molar-refractivity contribution < 1.29 is 14.4 Å². The van der Waals surface area contributed by atoms with Gasteiger partial charge in [-0.25, -0.2) is 4.90 Å². The van der Waals surface area contributed by atoms with Gasteiger partial charge in [-0.15, -0.1) is 0 Å². The third kappa shape index (κ3) is 2.69. The molecule has 2 fully saturated rings. The first-order valence-electron chi connectivity index (χ1n) is 9.29. The average molecular weight is 353 g/mol. The van der Waals surface area contributed by atoms with Crippen LogP contribution in [0.4, 0.5) is 11.4 Å². The molecule has 3 amide bonds. The monoisotopic (exact) mass is 353 g/mol. The standard InChI is InChI=1S/C20H23N3O3/c21-18(24)13-8-9-16(22-10-4-1-5-11-22)17(12-13)23-19(25)14-6-2-3-7-15(14)20(23)26/h2-3,8-9,12,14-15H,1,4-7,10-11H2,(H2,21,24)/t14-,15-/m0/s1. The van der Waals surface area contributed by atoms with Crippen molar-refractivity contribution in [2.45, 2.75) is 32.1 Å². The molecule has 0 aromatic heterocycles. The van der Waals surface area contributed by atoms with Crippen LogP contribution in [0.1, 0.15) is 42.5 Å². The number of hydrogen-bond donors (Lipinski definition) is 1. The zero-order chi connectivity index (χ0) is 18.3. The van der Waals surface area contributed by atoms with Crippen molar-refractivity contribution in [3.63, 3.8) is 0 Å². The topological polar surface area (TPSA) is 83.7 Å². The maximum atomic E-state index is 13.0. The first-order chi connectivity index (χ1) is 12.6. The quantitative estimate of drug-likeness (QED) is 0.667. The lowest BCUT2D eigenvalue weighted by atomic mass is 9.85. The number of nitrogens with two attached hydrogens (primary N) is 1. The summed E-state index contributed by atoms with van der Waals surface area (Å²) in [5.74, 6) is -1.47. The van der Waals surface area contributed by atoms with E-state index in [1.807, 2.05) is 18.2 Å². The number of amides is 3. The minimum absolute atomic E-state index is 0.163. The van der Waals surface area contributed by atoms with Crippen LogP contribution in [0, 0.1) is 11.8 Å². The van der Waals surface area contributed by atoms with Crippen molar-refractivity contribution in [2.24, 2.45) is 17.6 Å². The van der Waals surface area contributed by atoms with Crippen LogP contribution in [0.25, 0.3) is 0 Å². The van der Waals surface area contributed by atoms with Gasteiger partial charge in [0.2, 0.25) is 17.7 Å². The number of primary amides is 1. The summed E-state index contributed by atoms with van der Waals surface area (Å²) in [5.41, 5.74) is 7.10. The maximum Gasteiger partial charge on any atom is 0.248 e. The van der Waals surface area contributed by atoms with E-state index >= 15 is 0 Å². The third-order valence-corrected chi connectivity index (χ3v) is 5.71. The number of rotatable bonds is 3. The van der Waals surface area contributed by atoms with Crippen LogP contribution in [-0.4, -0.2) is 30.8 Å². The SMILES string of the molecule is NC(=O)c1ccc(N2CCCCC2)c(N2C(=O)[C@H]3CC=CC[C@@H]3C2=O)c1. The van der Waals surface area contributed by atoms with Gasteiger partial charge in [-0.3, -0.25) is 14.4 Å². The van der Waals surface area contributed by atoms with Crippen LogP contribution in [0.2, 0.25) is 0 Å². The molecule has 2 saturated heterocycles. The van der Waals surface area contributed by atoms with Crippen LogP contribution in [0.3, 0.4) is 0 Å². The van der Waals surface area contributed by atoms with E-state index in [1.54, 1.807) is 12.1 Å². The fourth-order valence-corrected chi connectivity index (χ4v) is 4.30. The molecule has 1 aromatic rings. The smallest absolute Gasteiger partial charge is 0.248 e. The molecule has 1 aliphatic carbocycles. The number of piperidine rings is 1. The van der Waals surface area contributed by atoms with Gasteiger partial charge in [0.05, 0.1) is 23.2 Å². The second kappa shape index (κ2) is 6.59. The van der Waals surface area contributed by atoms with Gasteiger partial charge in [0.25, 0.3) is 0 Å². The Morgan fingerprint density at radius 3 is 2.12 bits per heavy atom. The molecule has 1 aromatic carbocycles. The van der Waals surface area contributed by atoms with E-state index in [0.29, 0.717) is 24.1 Å². The number of fused-ring (bicyclic) bond motifs is 1. The van der Waals surface area contributed by atoms with Gasteiger partial charge >= 0.3 is 0 Å². The molecule has 2 atom stereocenters. The molecule has 6 heteroatoms. The maximum absolute atomic E-state index is 13.0. The second-order valence-electron chi connectivity index (χ2n) is 7.28. The molecule has 0 radical (unpaired) electrons. The highest BCUT2D eigenvalue weighted by Gasteiger charge is 2.48. The number of hydrogen-bond acceptors (Lipinski definition) is 4. The molecule has 3 aliphatic rings. The lowest BCUT2D eigenvalue weighted by Gasteiger charge is -2.32. The van der Waals surface area contributed by atoms with Crippen molar-refractivity contribution in [2.75, 3.05) is 22.9 Å². The van der Waals surface area contributed by atoms with E-state index in [-0.39, 0.29) is 23.7 Å². The fourth-order valence-electron chi connectivity index (χ4n) is 4.30. The highest BCUT2D eigenvalue weighted by atomic mass is 16.2. The van der Waals surface area contributed by atoms with E-state index in [4.69, 9.17) is 5.73 Å². The Morgan fingerprint density at radius 2 is 1.54 bits per heavy atom. The van der Waals surface area contributed by atoms with Gasteiger partial charge < -0.3 is 10.6 Å². The number of carbonyl (C=O) groups is 3. The first-order valence-corrected chi connectivity index (χ1v) is 9.29. The highest BCUT2D eigenvalue weighted by molar-refractivity contribution is 6.23.